The fourth-order valence-corrected chi connectivity index (χ4v) is 4.19. The molecular formula is C26H31F3N6O3. The Labute approximate surface area is 218 Å². The van der Waals surface area contributed by atoms with Crippen LogP contribution in [0.1, 0.15) is 37.6 Å². The van der Waals surface area contributed by atoms with Crippen LogP contribution in [0.15, 0.2) is 41.5 Å². The zero-order chi connectivity index (χ0) is 28.3. The topological polar surface area (TPSA) is 112 Å². The molecule has 0 fully saturated rings. The Morgan fingerprint density at radius 2 is 1.84 bits per heavy atom. The molecule has 3 aromatic rings. The molecule has 0 unspecified atom stereocenters. The number of rotatable bonds is 8. The van der Waals surface area contributed by atoms with Crippen LogP contribution in [0, 0.1) is 6.92 Å². The maximum Gasteiger partial charge on any atom is 0.416 e. The Hall–Kier alpha value is -3.93. The van der Waals surface area contributed by atoms with E-state index in [-0.39, 0.29) is 34.1 Å². The molecule has 0 aliphatic rings. The SMILES string of the molecule is CCOc1cc(-c2ncc(NC(=O)Nc3ccc(C(C)(C)CN(C)C)c(C(F)(F)F)c3)c(C)n2)c[nH]c1=O. The van der Waals surface area contributed by atoms with Gasteiger partial charge < -0.3 is 25.3 Å². The van der Waals surface area contributed by atoms with Gasteiger partial charge >= 0.3 is 12.2 Å². The standard InChI is InChI=1S/C26H31F3N6O3/c1-7-38-21-10-16(12-31-23(21)36)22-30-13-20(15(2)32-22)34-24(37)33-17-8-9-18(19(11-17)26(27,28)29)25(3,4)14-35(5)6/h8-13H,7,14H2,1-6H3,(H,31,36)(H2,33,34,37). The lowest BCUT2D eigenvalue weighted by Crippen LogP contribution is -2.34. The Morgan fingerprint density at radius 3 is 2.45 bits per heavy atom. The average molecular weight is 533 g/mol. The molecule has 0 saturated carbocycles. The molecule has 204 valence electrons. The third-order valence-electron chi connectivity index (χ3n) is 5.68. The van der Waals surface area contributed by atoms with E-state index in [4.69, 9.17) is 4.74 Å². The van der Waals surface area contributed by atoms with E-state index in [0.717, 1.165) is 6.07 Å². The van der Waals surface area contributed by atoms with E-state index >= 15 is 0 Å². The number of aryl methyl sites for hydroxylation is 1. The number of hydrogen-bond acceptors (Lipinski definition) is 6. The van der Waals surface area contributed by atoms with E-state index in [0.29, 0.717) is 24.4 Å². The van der Waals surface area contributed by atoms with Gasteiger partial charge in [0.05, 0.1) is 29.7 Å². The maximum absolute atomic E-state index is 13.9. The monoisotopic (exact) mass is 532 g/mol. The Balaban J connectivity index is 1.80. The quantitative estimate of drug-likeness (QED) is 0.375. The molecule has 9 nitrogen and oxygen atoms in total. The van der Waals surface area contributed by atoms with Crippen LogP contribution < -0.4 is 20.9 Å². The van der Waals surface area contributed by atoms with Crippen molar-refractivity contribution in [3.05, 3.63) is 63.8 Å². The number of amides is 2. The summed E-state index contributed by atoms with van der Waals surface area (Å²) in [5, 5.41) is 5.01. The molecule has 1 aromatic carbocycles. The number of ether oxygens (including phenoxy) is 1. The fourth-order valence-electron chi connectivity index (χ4n) is 4.19. The Kier molecular flexibility index (Phi) is 8.45. The van der Waals surface area contributed by atoms with Gasteiger partial charge in [-0.3, -0.25) is 4.79 Å². The van der Waals surface area contributed by atoms with E-state index in [9.17, 15) is 22.8 Å². The molecule has 0 atom stereocenters. The molecular weight excluding hydrogens is 501 g/mol. The number of nitrogens with one attached hydrogen (secondary N) is 3. The first-order chi connectivity index (χ1) is 17.7. The second-order valence-corrected chi connectivity index (χ2v) is 9.67. The summed E-state index contributed by atoms with van der Waals surface area (Å²) in [4.78, 5) is 37.4. The zero-order valence-corrected chi connectivity index (χ0v) is 22.1. The molecule has 0 aliphatic heterocycles. The van der Waals surface area contributed by atoms with Crippen molar-refractivity contribution < 1.29 is 22.7 Å². The molecule has 0 bridgehead atoms. The normalized spacial score (nSPS) is 11.9. The number of urea groups is 1. The first-order valence-electron chi connectivity index (χ1n) is 11.8. The molecule has 0 spiro atoms. The van der Waals surface area contributed by atoms with Gasteiger partial charge in [-0.15, -0.1) is 0 Å². The van der Waals surface area contributed by atoms with Crippen LogP contribution in [-0.2, 0) is 11.6 Å². The highest BCUT2D eigenvalue weighted by molar-refractivity contribution is 6.00. The van der Waals surface area contributed by atoms with E-state index in [1.165, 1.54) is 30.6 Å². The highest BCUT2D eigenvalue weighted by atomic mass is 19.4. The molecule has 2 aromatic heterocycles. The molecule has 2 heterocycles. The predicted molar refractivity (Wildman–Crippen MR) is 140 cm³/mol. The zero-order valence-electron chi connectivity index (χ0n) is 22.1. The number of hydrogen-bond donors (Lipinski definition) is 3. The van der Waals surface area contributed by atoms with Gasteiger partial charge in [-0.25, -0.2) is 14.8 Å². The lowest BCUT2D eigenvalue weighted by molar-refractivity contribution is -0.138. The lowest BCUT2D eigenvalue weighted by Gasteiger charge is -2.31. The second-order valence-electron chi connectivity index (χ2n) is 9.67. The number of halogens is 3. The summed E-state index contributed by atoms with van der Waals surface area (Å²) in [6, 6.07) is 4.54. The smallest absolute Gasteiger partial charge is 0.416 e. The summed E-state index contributed by atoms with van der Waals surface area (Å²) in [6.45, 7) is 7.60. The van der Waals surface area contributed by atoms with Crippen LogP contribution in [0.4, 0.5) is 29.3 Å². The van der Waals surface area contributed by atoms with Crippen LogP contribution in [0.5, 0.6) is 5.75 Å². The first-order valence-corrected chi connectivity index (χ1v) is 11.8. The van der Waals surface area contributed by atoms with E-state index in [1.807, 2.05) is 4.90 Å². The van der Waals surface area contributed by atoms with Crippen LogP contribution in [0.25, 0.3) is 11.4 Å². The number of carbonyl (C=O) groups is 1. The molecule has 38 heavy (non-hydrogen) atoms. The van der Waals surface area contributed by atoms with Crippen molar-refractivity contribution in [2.75, 3.05) is 37.9 Å². The highest BCUT2D eigenvalue weighted by Crippen LogP contribution is 2.39. The van der Waals surface area contributed by atoms with Crippen molar-refractivity contribution in [2.24, 2.45) is 0 Å². The maximum atomic E-state index is 13.9. The van der Waals surface area contributed by atoms with Crippen LogP contribution in [-0.4, -0.2) is 53.1 Å². The van der Waals surface area contributed by atoms with Crippen LogP contribution in [0.3, 0.4) is 0 Å². The minimum Gasteiger partial charge on any atom is -0.488 e. The summed E-state index contributed by atoms with van der Waals surface area (Å²) in [5.41, 5.74) is -0.662. The lowest BCUT2D eigenvalue weighted by atomic mass is 9.81. The minimum atomic E-state index is -4.60. The number of nitrogens with zero attached hydrogens (tertiary/aromatic N) is 3. The van der Waals surface area contributed by atoms with E-state index < -0.39 is 23.2 Å². The average Bonchev–Trinajstić information content (AvgIpc) is 2.80. The number of aromatic nitrogens is 3. The molecule has 3 rings (SSSR count). The van der Waals surface area contributed by atoms with Gasteiger partial charge in [-0.05, 0) is 51.7 Å². The molecule has 0 aliphatic carbocycles. The number of likely N-dealkylation sites (N-methyl/N-ethyl adjacent to an activating group) is 1. The van der Waals surface area contributed by atoms with Gasteiger partial charge in [0, 0.05) is 29.4 Å². The van der Waals surface area contributed by atoms with Gasteiger partial charge in [0.15, 0.2) is 11.6 Å². The van der Waals surface area contributed by atoms with Crippen molar-refractivity contribution in [3.63, 3.8) is 0 Å². The molecule has 0 saturated heterocycles. The molecule has 3 N–H and O–H groups in total. The highest BCUT2D eigenvalue weighted by Gasteiger charge is 2.38. The summed E-state index contributed by atoms with van der Waals surface area (Å²) < 4.78 is 47.0. The molecule has 0 radical (unpaired) electrons. The number of carbonyl (C=O) groups excluding carboxylic acids is 1. The van der Waals surface area contributed by atoms with Crippen molar-refractivity contribution >= 4 is 17.4 Å². The third-order valence-corrected chi connectivity index (χ3v) is 5.68. The van der Waals surface area contributed by atoms with Gasteiger partial charge in [0.25, 0.3) is 5.56 Å². The first kappa shape index (κ1) is 28.6. The van der Waals surface area contributed by atoms with Gasteiger partial charge in [0.2, 0.25) is 0 Å². The summed E-state index contributed by atoms with van der Waals surface area (Å²) in [6.07, 6.45) is -1.78. The molecule has 2 amide bonds. The number of H-pyrrole nitrogens is 1. The van der Waals surface area contributed by atoms with Gasteiger partial charge in [-0.2, -0.15) is 13.2 Å². The van der Waals surface area contributed by atoms with E-state index in [2.05, 4.69) is 25.6 Å². The van der Waals surface area contributed by atoms with Crippen molar-refractivity contribution in [3.8, 4) is 17.1 Å². The van der Waals surface area contributed by atoms with Crippen LogP contribution >= 0.6 is 0 Å². The number of aromatic amines is 1. The van der Waals surface area contributed by atoms with Gasteiger partial charge in [0.1, 0.15) is 0 Å². The van der Waals surface area contributed by atoms with Crippen molar-refractivity contribution in [1.82, 2.24) is 19.9 Å². The summed E-state index contributed by atoms with van der Waals surface area (Å²) in [5.74, 6) is 0.415. The second kappa shape index (κ2) is 11.2. The Bertz CT molecular complexity index is 1370. The number of anilines is 2. The Morgan fingerprint density at radius 1 is 1.13 bits per heavy atom. The third kappa shape index (κ3) is 6.88. The van der Waals surface area contributed by atoms with Crippen molar-refractivity contribution in [2.45, 2.75) is 39.3 Å². The van der Waals surface area contributed by atoms with E-state index in [1.54, 1.807) is 41.8 Å². The predicted octanol–water partition coefficient (Wildman–Crippen LogP) is 5.04. The summed E-state index contributed by atoms with van der Waals surface area (Å²) >= 11 is 0. The number of benzene rings is 1. The molecule has 12 heteroatoms. The summed E-state index contributed by atoms with van der Waals surface area (Å²) in [7, 11) is 3.60. The fraction of sp³-hybridized carbons (Fsp3) is 0.385. The number of alkyl halides is 3. The van der Waals surface area contributed by atoms with Gasteiger partial charge in [-0.1, -0.05) is 19.9 Å². The van der Waals surface area contributed by atoms with Crippen molar-refractivity contribution in [1.29, 1.82) is 0 Å². The minimum absolute atomic E-state index is 0.00823. The van der Waals surface area contributed by atoms with Crippen LogP contribution in [0.2, 0.25) is 0 Å². The largest absolute Gasteiger partial charge is 0.488 e. The number of pyridine rings is 1.